The minimum atomic E-state index is -3.40. The topological polar surface area (TPSA) is 81.2 Å². The van der Waals surface area contributed by atoms with Crippen LogP contribution in [-0.4, -0.2) is 98.1 Å². The number of piperazine rings is 1. The van der Waals surface area contributed by atoms with Crippen LogP contribution in [0.1, 0.15) is 37.7 Å². The first-order valence-electron chi connectivity index (χ1n) is 11.8. The van der Waals surface area contributed by atoms with Crippen LogP contribution in [-0.2, 0) is 26.0 Å². The summed E-state index contributed by atoms with van der Waals surface area (Å²) in [5.74, 6) is 0.321. The van der Waals surface area contributed by atoms with E-state index in [0.717, 1.165) is 57.4 Å². The van der Waals surface area contributed by atoms with Crippen molar-refractivity contribution in [1.82, 2.24) is 19.0 Å². The van der Waals surface area contributed by atoms with Crippen LogP contribution < -0.4 is 0 Å². The van der Waals surface area contributed by atoms with Gasteiger partial charge in [0.25, 0.3) is 0 Å². The molecule has 3 fully saturated rings. The van der Waals surface area contributed by atoms with Crippen LogP contribution in [0.5, 0.6) is 0 Å². The van der Waals surface area contributed by atoms with Crippen LogP contribution in [0.2, 0.25) is 0 Å². The van der Waals surface area contributed by atoms with Crippen LogP contribution in [0.4, 0.5) is 0 Å². The number of rotatable bonds is 7. The first-order chi connectivity index (χ1) is 15.4. The number of sulfonamides is 1. The Bertz CT molecular complexity index is 898. The van der Waals surface area contributed by atoms with Crippen molar-refractivity contribution >= 4 is 21.8 Å². The molecule has 0 aliphatic carbocycles. The highest BCUT2D eigenvalue weighted by atomic mass is 32.2. The molecule has 3 saturated heterocycles. The van der Waals surface area contributed by atoms with Crippen molar-refractivity contribution in [2.75, 3.05) is 58.9 Å². The number of likely N-dealkylation sites (tertiary alicyclic amines) is 1. The van der Waals surface area contributed by atoms with E-state index in [0.29, 0.717) is 50.5 Å². The largest absolute Gasteiger partial charge is 0.342 e. The number of hydrogen-bond donors (Lipinski definition) is 0. The van der Waals surface area contributed by atoms with Gasteiger partial charge < -0.3 is 9.80 Å². The summed E-state index contributed by atoms with van der Waals surface area (Å²) in [6, 6.07) is 6.95. The van der Waals surface area contributed by atoms with Gasteiger partial charge in [-0.1, -0.05) is 12.1 Å². The van der Waals surface area contributed by atoms with Gasteiger partial charge in [0.1, 0.15) is 0 Å². The summed E-state index contributed by atoms with van der Waals surface area (Å²) in [5.41, 5.74) is 0.966. The number of nitrogens with zero attached hydrogens (tertiary/aromatic N) is 4. The van der Waals surface area contributed by atoms with Crippen LogP contribution in [0, 0.1) is 0 Å². The molecule has 176 valence electrons. The van der Waals surface area contributed by atoms with Gasteiger partial charge >= 0.3 is 0 Å². The molecule has 0 N–H and O–H groups in total. The molecule has 0 radical (unpaired) electrons. The van der Waals surface area contributed by atoms with E-state index in [4.69, 9.17) is 0 Å². The van der Waals surface area contributed by atoms with Gasteiger partial charge in [-0.2, -0.15) is 4.31 Å². The lowest BCUT2D eigenvalue weighted by Gasteiger charge is -2.35. The van der Waals surface area contributed by atoms with Gasteiger partial charge in [0.15, 0.2) is 0 Å². The van der Waals surface area contributed by atoms with E-state index in [-0.39, 0.29) is 11.8 Å². The fourth-order valence-corrected chi connectivity index (χ4v) is 6.25. The molecule has 0 spiro atoms. The SMILES string of the molecule is O=C(CCc1ccc(S(=O)(=O)N2CCCC2)cc1)N1CCN(CC(=O)N2CCCC2)CC1. The lowest BCUT2D eigenvalue weighted by atomic mass is 10.1. The molecular weight excluding hydrogens is 428 g/mol. The van der Waals surface area contributed by atoms with Gasteiger partial charge in [-0.3, -0.25) is 14.5 Å². The second-order valence-electron chi connectivity index (χ2n) is 9.00. The molecule has 0 bridgehead atoms. The van der Waals surface area contributed by atoms with Gasteiger partial charge in [-0.25, -0.2) is 8.42 Å². The molecule has 0 saturated carbocycles. The van der Waals surface area contributed by atoms with Crippen molar-refractivity contribution in [2.24, 2.45) is 0 Å². The zero-order chi connectivity index (χ0) is 22.6. The summed E-state index contributed by atoms with van der Waals surface area (Å²) >= 11 is 0. The summed E-state index contributed by atoms with van der Waals surface area (Å²) in [5, 5.41) is 0. The third-order valence-electron chi connectivity index (χ3n) is 6.80. The summed E-state index contributed by atoms with van der Waals surface area (Å²) < 4.78 is 26.8. The summed E-state index contributed by atoms with van der Waals surface area (Å²) in [4.78, 5) is 31.2. The van der Waals surface area contributed by atoms with Crippen LogP contribution in [0.25, 0.3) is 0 Å². The summed E-state index contributed by atoms with van der Waals surface area (Å²) in [7, 11) is -3.40. The van der Waals surface area contributed by atoms with Crippen molar-refractivity contribution in [2.45, 2.75) is 43.4 Å². The number of amides is 2. The quantitative estimate of drug-likeness (QED) is 0.608. The summed E-state index contributed by atoms with van der Waals surface area (Å²) in [6.45, 7) is 6.16. The van der Waals surface area contributed by atoms with Crippen molar-refractivity contribution < 1.29 is 18.0 Å². The Balaban J connectivity index is 1.21. The lowest BCUT2D eigenvalue weighted by molar-refractivity contribution is -0.134. The Labute approximate surface area is 191 Å². The molecule has 9 heteroatoms. The number of aryl methyl sites for hydroxylation is 1. The fourth-order valence-electron chi connectivity index (χ4n) is 4.73. The Kier molecular flexibility index (Phi) is 7.48. The molecule has 4 rings (SSSR count). The summed E-state index contributed by atoms with van der Waals surface area (Å²) in [6.07, 6.45) is 5.04. The second-order valence-corrected chi connectivity index (χ2v) is 10.9. The van der Waals surface area contributed by atoms with E-state index in [9.17, 15) is 18.0 Å². The highest BCUT2D eigenvalue weighted by Crippen LogP contribution is 2.21. The van der Waals surface area contributed by atoms with Crippen LogP contribution in [0.3, 0.4) is 0 Å². The van der Waals surface area contributed by atoms with Gasteiger partial charge in [-0.05, 0) is 49.8 Å². The molecule has 1 aromatic carbocycles. The maximum atomic E-state index is 12.6. The van der Waals surface area contributed by atoms with Gasteiger partial charge in [0, 0.05) is 58.8 Å². The minimum Gasteiger partial charge on any atom is -0.342 e. The number of hydrogen-bond acceptors (Lipinski definition) is 5. The molecule has 32 heavy (non-hydrogen) atoms. The predicted octanol–water partition coefficient (Wildman–Crippen LogP) is 1.17. The van der Waals surface area contributed by atoms with E-state index in [1.165, 1.54) is 0 Å². The maximum Gasteiger partial charge on any atom is 0.243 e. The zero-order valence-electron chi connectivity index (χ0n) is 18.7. The molecule has 0 unspecified atom stereocenters. The first kappa shape index (κ1) is 23.2. The van der Waals surface area contributed by atoms with Gasteiger partial charge in [0.2, 0.25) is 21.8 Å². The molecule has 3 heterocycles. The number of carbonyl (C=O) groups excluding carboxylic acids is 2. The second kappa shape index (κ2) is 10.3. The standard InChI is InChI=1S/C23H34N4O4S/c28-22(26-17-15-24(16-18-26)19-23(29)25-11-1-2-12-25)10-7-20-5-8-21(9-6-20)32(30,31)27-13-3-4-14-27/h5-6,8-9H,1-4,7,10-19H2. The fraction of sp³-hybridized carbons (Fsp3) is 0.652. The van der Waals surface area contributed by atoms with Crippen molar-refractivity contribution in [3.63, 3.8) is 0 Å². The van der Waals surface area contributed by atoms with E-state index >= 15 is 0 Å². The molecule has 1 aromatic rings. The Hall–Kier alpha value is -1.97. The average molecular weight is 463 g/mol. The van der Waals surface area contributed by atoms with Crippen molar-refractivity contribution in [1.29, 1.82) is 0 Å². The number of carbonyl (C=O) groups is 2. The minimum absolute atomic E-state index is 0.115. The average Bonchev–Trinajstić information content (AvgIpc) is 3.53. The molecule has 0 atom stereocenters. The highest BCUT2D eigenvalue weighted by molar-refractivity contribution is 7.89. The third-order valence-corrected chi connectivity index (χ3v) is 8.71. The monoisotopic (exact) mass is 462 g/mol. The van der Waals surface area contributed by atoms with E-state index in [1.807, 2.05) is 21.9 Å². The van der Waals surface area contributed by atoms with Gasteiger partial charge in [-0.15, -0.1) is 0 Å². The lowest BCUT2D eigenvalue weighted by Crippen LogP contribution is -2.51. The Morgan fingerprint density at radius 2 is 1.28 bits per heavy atom. The third kappa shape index (κ3) is 5.50. The van der Waals surface area contributed by atoms with Crippen LogP contribution in [0.15, 0.2) is 29.2 Å². The Morgan fingerprint density at radius 1 is 0.719 bits per heavy atom. The number of benzene rings is 1. The van der Waals surface area contributed by atoms with Crippen molar-refractivity contribution in [3.8, 4) is 0 Å². The zero-order valence-corrected chi connectivity index (χ0v) is 19.6. The predicted molar refractivity (Wildman–Crippen MR) is 122 cm³/mol. The molecule has 3 aliphatic heterocycles. The molecule has 3 aliphatic rings. The van der Waals surface area contributed by atoms with Gasteiger partial charge in [0.05, 0.1) is 11.4 Å². The first-order valence-corrected chi connectivity index (χ1v) is 13.2. The molecule has 8 nitrogen and oxygen atoms in total. The van der Waals surface area contributed by atoms with E-state index in [2.05, 4.69) is 4.90 Å². The molecular formula is C23H34N4O4S. The van der Waals surface area contributed by atoms with Crippen LogP contribution >= 0.6 is 0 Å². The smallest absolute Gasteiger partial charge is 0.243 e. The Morgan fingerprint density at radius 3 is 1.91 bits per heavy atom. The molecule has 0 aromatic heterocycles. The van der Waals surface area contributed by atoms with E-state index < -0.39 is 10.0 Å². The normalized spacial score (nSPS) is 20.8. The molecule has 2 amide bonds. The highest BCUT2D eigenvalue weighted by Gasteiger charge is 2.27. The van der Waals surface area contributed by atoms with Crippen molar-refractivity contribution in [3.05, 3.63) is 29.8 Å². The maximum absolute atomic E-state index is 12.6. The van der Waals surface area contributed by atoms with E-state index in [1.54, 1.807) is 16.4 Å².